The number of nitrogens with zero attached hydrogens (tertiary/aromatic N) is 2. The number of carbonyl (C=O) groups excluding carboxylic acids is 1. The van der Waals surface area contributed by atoms with E-state index in [0.29, 0.717) is 40.2 Å². The van der Waals surface area contributed by atoms with Gasteiger partial charge in [0.15, 0.2) is 0 Å². The smallest absolute Gasteiger partial charge is 0.255 e. The van der Waals surface area contributed by atoms with Gasteiger partial charge in [0.1, 0.15) is 18.2 Å². The van der Waals surface area contributed by atoms with Crippen molar-refractivity contribution in [3.8, 4) is 5.75 Å². The van der Waals surface area contributed by atoms with Gasteiger partial charge in [-0.05, 0) is 60.0 Å². The lowest BCUT2D eigenvalue weighted by molar-refractivity contribution is 0.102. The minimum absolute atomic E-state index is 0.261. The second-order valence-electron chi connectivity index (χ2n) is 7.54. The number of hydrogen-bond donors (Lipinski definition) is 1. The van der Waals surface area contributed by atoms with Gasteiger partial charge >= 0.3 is 0 Å². The van der Waals surface area contributed by atoms with Gasteiger partial charge in [-0.1, -0.05) is 47.5 Å². The van der Waals surface area contributed by atoms with Gasteiger partial charge in [0.05, 0.1) is 23.5 Å². The molecule has 0 unspecified atom stereocenters. The molecule has 1 N–H and O–H groups in total. The summed E-state index contributed by atoms with van der Waals surface area (Å²) in [5.41, 5.74) is 3.74. The third kappa shape index (κ3) is 5.92. The molecule has 0 bridgehead atoms. The van der Waals surface area contributed by atoms with Crippen LogP contribution in [0, 0.1) is 12.7 Å². The van der Waals surface area contributed by atoms with Crippen LogP contribution in [0.3, 0.4) is 0 Å². The average molecular weight is 484 g/mol. The molecular weight excluding hydrogens is 464 g/mol. The van der Waals surface area contributed by atoms with Gasteiger partial charge in [0.2, 0.25) is 0 Å². The van der Waals surface area contributed by atoms with Crippen molar-refractivity contribution in [1.82, 2.24) is 9.78 Å². The molecular formula is C25H20Cl2FN3O2. The summed E-state index contributed by atoms with van der Waals surface area (Å²) in [5.74, 6) is -0.0327. The van der Waals surface area contributed by atoms with E-state index in [1.54, 1.807) is 41.3 Å². The number of carbonyl (C=O) groups is 1. The molecule has 0 atom stereocenters. The number of halogens is 3. The van der Waals surface area contributed by atoms with E-state index < -0.39 is 5.82 Å². The topological polar surface area (TPSA) is 56.1 Å². The Morgan fingerprint density at radius 2 is 1.85 bits per heavy atom. The zero-order chi connectivity index (χ0) is 23.4. The first-order valence-corrected chi connectivity index (χ1v) is 10.9. The molecule has 0 aliphatic carbocycles. The Bertz CT molecular complexity index is 1290. The molecule has 0 aliphatic heterocycles. The highest BCUT2D eigenvalue weighted by Crippen LogP contribution is 2.26. The number of hydrogen-bond acceptors (Lipinski definition) is 3. The number of amides is 1. The second-order valence-corrected chi connectivity index (χ2v) is 8.35. The summed E-state index contributed by atoms with van der Waals surface area (Å²) in [4.78, 5) is 12.6. The minimum atomic E-state index is -0.395. The number of anilines is 1. The molecule has 0 aliphatic rings. The molecule has 0 radical (unpaired) electrons. The highest BCUT2D eigenvalue weighted by molar-refractivity contribution is 6.32. The molecule has 8 heteroatoms. The predicted octanol–water partition coefficient (Wildman–Crippen LogP) is 6.52. The summed E-state index contributed by atoms with van der Waals surface area (Å²) < 4.78 is 20.6. The molecule has 4 aromatic rings. The number of ether oxygens (including phenoxy) is 1. The van der Waals surface area contributed by atoms with Gasteiger partial charge in [-0.15, -0.1) is 0 Å². The van der Waals surface area contributed by atoms with Gasteiger partial charge in [-0.3, -0.25) is 9.48 Å². The number of nitrogens with one attached hydrogen (secondary N) is 1. The molecule has 0 saturated carbocycles. The Kier molecular flexibility index (Phi) is 6.96. The van der Waals surface area contributed by atoms with E-state index in [1.165, 1.54) is 12.1 Å². The molecule has 1 heterocycles. The van der Waals surface area contributed by atoms with E-state index in [0.717, 1.165) is 16.7 Å². The summed E-state index contributed by atoms with van der Waals surface area (Å²) in [6.45, 7) is 2.66. The van der Waals surface area contributed by atoms with E-state index in [1.807, 2.05) is 31.2 Å². The Morgan fingerprint density at radius 1 is 1.06 bits per heavy atom. The zero-order valence-corrected chi connectivity index (χ0v) is 19.2. The van der Waals surface area contributed by atoms with Crippen LogP contribution in [-0.4, -0.2) is 15.7 Å². The number of benzene rings is 3. The molecule has 1 aromatic heterocycles. The van der Waals surface area contributed by atoms with Crippen molar-refractivity contribution in [2.45, 2.75) is 20.1 Å². The van der Waals surface area contributed by atoms with E-state index in [2.05, 4.69) is 10.4 Å². The van der Waals surface area contributed by atoms with Crippen molar-refractivity contribution >= 4 is 34.8 Å². The fourth-order valence-electron chi connectivity index (χ4n) is 3.18. The van der Waals surface area contributed by atoms with Crippen molar-refractivity contribution in [2.24, 2.45) is 0 Å². The highest BCUT2D eigenvalue weighted by Gasteiger charge is 2.10. The third-order valence-electron chi connectivity index (χ3n) is 4.94. The first kappa shape index (κ1) is 22.8. The van der Waals surface area contributed by atoms with E-state index in [4.69, 9.17) is 27.9 Å². The molecule has 4 rings (SSSR count). The molecule has 168 valence electrons. The first-order valence-electron chi connectivity index (χ1n) is 10.1. The van der Waals surface area contributed by atoms with E-state index in [-0.39, 0.29) is 5.91 Å². The predicted molar refractivity (Wildman–Crippen MR) is 128 cm³/mol. The quantitative estimate of drug-likeness (QED) is 0.325. The largest absolute Gasteiger partial charge is 0.487 e. The van der Waals surface area contributed by atoms with Crippen molar-refractivity contribution in [1.29, 1.82) is 0 Å². The Hall–Kier alpha value is -3.35. The van der Waals surface area contributed by atoms with Crippen LogP contribution in [0.2, 0.25) is 10.0 Å². The first-order chi connectivity index (χ1) is 15.9. The standard InChI is InChI=1S/C25H20Cl2FN3O2/c1-16-2-9-22(26)24(10-16)33-15-17-3-5-18(6-4-17)25(32)30-21-12-29-31(14-21)13-19-7-8-20(28)11-23(19)27/h2-12,14H,13,15H2,1H3,(H,30,32). The lowest BCUT2D eigenvalue weighted by atomic mass is 10.1. The Labute approximate surface area is 200 Å². The summed E-state index contributed by atoms with van der Waals surface area (Å²) in [6, 6.07) is 16.9. The van der Waals surface area contributed by atoms with Crippen LogP contribution in [0.4, 0.5) is 10.1 Å². The maximum absolute atomic E-state index is 13.2. The van der Waals surface area contributed by atoms with Crippen molar-refractivity contribution in [2.75, 3.05) is 5.32 Å². The zero-order valence-electron chi connectivity index (χ0n) is 17.7. The SMILES string of the molecule is Cc1ccc(Cl)c(OCc2ccc(C(=O)Nc3cnn(Cc4ccc(F)cc4Cl)c3)cc2)c1. The van der Waals surface area contributed by atoms with Crippen LogP contribution in [-0.2, 0) is 13.2 Å². The molecule has 0 saturated heterocycles. The number of aryl methyl sites for hydroxylation is 1. The Morgan fingerprint density at radius 3 is 2.61 bits per heavy atom. The number of rotatable bonds is 7. The van der Waals surface area contributed by atoms with Crippen LogP contribution < -0.4 is 10.1 Å². The fraction of sp³-hybridized carbons (Fsp3) is 0.120. The summed E-state index contributed by atoms with van der Waals surface area (Å²) in [5, 5.41) is 7.92. The third-order valence-corrected chi connectivity index (χ3v) is 5.60. The highest BCUT2D eigenvalue weighted by atomic mass is 35.5. The van der Waals surface area contributed by atoms with E-state index in [9.17, 15) is 9.18 Å². The fourth-order valence-corrected chi connectivity index (χ4v) is 3.58. The summed E-state index contributed by atoms with van der Waals surface area (Å²) >= 11 is 12.2. The monoisotopic (exact) mass is 483 g/mol. The minimum Gasteiger partial charge on any atom is -0.487 e. The van der Waals surface area contributed by atoms with Crippen LogP contribution in [0.15, 0.2) is 73.1 Å². The van der Waals surface area contributed by atoms with E-state index >= 15 is 0 Å². The van der Waals surface area contributed by atoms with Gasteiger partial charge < -0.3 is 10.1 Å². The molecule has 3 aromatic carbocycles. The number of aromatic nitrogens is 2. The van der Waals surface area contributed by atoms with Crippen molar-refractivity contribution < 1.29 is 13.9 Å². The van der Waals surface area contributed by atoms with Crippen molar-refractivity contribution in [3.63, 3.8) is 0 Å². The molecule has 1 amide bonds. The molecule has 5 nitrogen and oxygen atoms in total. The lowest BCUT2D eigenvalue weighted by Gasteiger charge is -2.09. The van der Waals surface area contributed by atoms with Gasteiger partial charge in [-0.2, -0.15) is 5.10 Å². The van der Waals surface area contributed by atoms with Crippen LogP contribution in [0.25, 0.3) is 0 Å². The molecule has 0 fully saturated rings. The van der Waals surface area contributed by atoms with Crippen LogP contribution in [0.5, 0.6) is 5.75 Å². The van der Waals surface area contributed by atoms with Crippen LogP contribution >= 0.6 is 23.2 Å². The maximum Gasteiger partial charge on any atom is 0.255 e. The lowest BCUT2D eigenvalue weighted by Crippen LogP contribution is -2.11. The summed E-state index contributed by atoms with van der Waals surface area (Å²) in [6.07, 6.45) is 3.23. The average Bonchev–Trinajstić information content (AvgIpc) is 3.23. The molecule has 0 spiro atoms. The summed E-state index contributed by atoms with van der Waals surface area (Å²) in [7, 11) is 0. The Balaban J connectivity index is 1.34. The van der Waals surface area contributed by atoms with Gasteiger partial charge in [-0.25, -0.2) is 4.39 Å². The van der Waals surface area contributed by atoms with Crippen LogP contribution in [0.1, 0.15) is 27.0 Å². The van der Waals surface area contributed by atoms with Gasteiger partial charge in [0.25, 0.3) is 5.91 Å². The van der Waals surface area contributed by atoms with Gasteiger partial charge in [0, 0.05) is 16.8 Å². The second kappa shape index (κ2) is 10.1. The maximum atomic E-state index is 13.2. The normalized spacial score (nSPS) is 10.8. The van der Waals surface area contributed by atoms with Crippen molar-refractivity contribution in [3.05, 3.63) is 111 Å². The molecule has 33 heavy (non-hydrogen) atoms.